The first kappa shape index (κ1) is 14.4. The number of hydrogen-bond acceptors (Lipinski definition) is 4. The molecule has 0 atom stereocenters. The average Bonchev–Trinajstić information content (AvgIpc) is 2.94. The van der Waals surface area contributed by atoms with Gasteiger partial charge in [-0.15, -0.1) is 0 Å². The van der Waals surface area contributed by atoms with E-state index in [1.54, 1.807) is 14.2 Å². The first-order valence-corrected chi connectivity index (χ1v) is 6.69. The molecule has 2 aromatic rings. The summed E-state index contributed by atoms with van der Waals surface area (Å²) in [6, 6.07) is 5.88. The Bertz CT molecular complexity index is 530. The zero-order chi connectivity index (χ0) is 14.4. The lowest BCUT2D eigenvalue weighted by atomic mass is 10.2. The molecule has 0 bridgehead atoms. The summed E-state index contributed by atoms with van der Waals surface area (Å²) >= 11 is 0. The zero-order valence-corrected chi connectivity index (χ0v) is 12.2. The van der Waals surface area contributed by atoms with Crippen LogP contribution in [-0.2, 0) is 19.6 Å². The highest BCUT2D eigenvalue weighted by atomic mass is 16.5. The van der Waals surface area contributed by atoms with Crippen LogP contribution in [0.15, 0.2) is 30.6 Å². The lowest BCUT2D eigenvalue weighted by Crippen LogP contribution is -2.12. The van der Waals surface area contributed by atoms with E-state index in [0.29, 0.717) is 0 Å². The van der Waals surface area contributed by atoms with Gasteiger partial charge in [-0.3, -0.25) is 4.68 Å². The van der Waals surface area contributed by atoms with Crippen LogP contribution in [0.25, 0.3) is 0 Å². The van der Waals surface area contributed by atoms with Crippen LogP contribution in [0.4, 0.5) is 0 Å². The van der Waals surface area contributed by atoms with Crippen LogP contribution in [0.5, 0.6) is 11.5 Å². The molecule has 5 heteroatoms. The van der Waals surface area contributed by atoms with Crippen molar-refractivity contribution in [1.29, 1.82) is 0 Å². The Hall–Kier alpha value is -2.01. The molecule has 108 valence electrons. The van der Waals surface area contributed by atoms with Gasteiger partial charge in [-0.25, -0.2) is 0 Å². The molecule has 0 amide bonds. The van der Waals surface area contributed by atoms with E-state index < -0.39 is 0 Å². The molecule has 0 aliphatic carbocycles. The maximum Gasteiger partial charge on any atom is 0.122 e. The van der Waals surface area contributed by atoms with Gasteiger partial charge in [0.15, 0.2) is 0 Å². The highest BCUT2D eigenvalue weighted by Gasteiger charge is 2.02. The summed E-state index contributed by atoms with van der Waals surface area (Å²) in [6.07, 6.45) is 3.95. The molecular weight excluding hydrogens is 254 g/mol. The minimum absolute atomic E-state index is 0.755. The van der Waals surface area contributed by atoms with Crippen LogP contribution in [0.3, 0.4) is 0 Å². The van der Waals surface area contributed by atoms with Crippen LogP contribution in [0.1, 0.15) is 18.1 Å². The number of aromatic nitrogens is 2. The maximum atomic E-state index is 5.26. The molecular formula is C15H21N3O2. The van der Waals surface area contributed by atoms with E-state index in [2.05, 4.69) is 23.5 Å². The molecule has 0 fully saturated rings. The molecule has 0 unspecified atom stereocenters. The van der Waals surface area contributed by atoms with E-state index in [4.69, 9.17) is 9.47 Å². The topological polar surface area (TPSA) is 48.3 Å². The highest BCUT2D eigenvalue weighted by molar-refractivity contribution is 5.38. The summed E-state index contributed by atoms with van der Waals surface area (Å²) in [7, 11) is 3.32. The Morgan fingerprint density at radius 3 is 2.25 bits per heavy atom. The maximum absolute atomic E-state index is 5.26. The van der Waals surface area contributed by atoms with Gasteiger partial charge >= 0.3 is 0 Å². The minimum Gasteiger partial charge on any atom is -0.497 e. The number of hydrogen-bond donors (Lipinski definition) is 1. The van der Waals surface area contributed by atoms with Crippen molar-refractivity contribution in [3.63, 3.8) is 0 Å². The summed E-state index contributed by atoms with van der Waals surface area (Å²) in [5.74, 6) is 1.61. The Labute approximate surface area is 119 Å². The third kappa shape index (κ3) is 3.74. The van der Waals surface area contributed by atoms with E-state index in [0.717, 1.165) is 36.7 Å². The van der Waals surface area contributed by atoms with Gasteiger partial charge in [0.25, 0.3) is 0 Å². The summed E-state index contributed by atoms with van der Waals surface area (Å²) in [4.78, 5) is 0. The number of rotatable bonds is 7. The highest BCUT2D eigenvalue weighted by Crippen LogP contribution is 2.22. The van der Waals surface area contributed by atoms with Gasteiger partial charge in [-0.1, -0.05) is 0 Å². The van der Waals surface area contributed by atoms with Gasteiger partial charge in [-0.05, 0) is 24.6 Å². The van der Waals surface area contributed by atoms with E-state index in [1.165, 1.54) is 5.56 Å². The first-order chi connectivity index (χ1) is 9.75. The molecule has 20 heavy (non-hydrogen) atoms. The molecule has 0 aliphatic heterocycles. The fraction of sp³-hybridized carbons (Fsp3) is 0.400. The lowest BCUT2D eigenvalue weighted by Gasteiger charge is -2.09. The largest absolute Gasteiger partial charge is 0.497 e. The van der Waals surface area contributed by atoms with Crippen molar-refractivity contribution in [2.75, 3.05) is 14.2 Å². The summed E-state index contributed by atoms with van der Waals surface area (Å²) < 4.78 is 12.4. The molecule has 2 rings (SSSR count). The van der Waals surface area contributed by atoms with E-state index >= 15 is 0 Å². The SMILES string of the molecule is CCn1cc(CNCc2cc(OC)cc(OC)c2)cn1. The summed E-state index contributed by atoms with van der Waals surface area (Å²) in [5, 5.41) is 7.65. The molecule has 0 saturated heterocycles. The van der Waals surface area contributed by atoms with Gasteiger partial charge in [0.2, 0.25) is 0 Å². The fourth-order valence-corrected chi connectivity index (χ4v) is 1.99. The number of methoxy groups -OCH3 is 2. The number of benzene rings is 1. The quantitative estimate of drug-likeness (QED) is 0.841. The van der Waals surface area contributed by atoms with Gasteiger partial charge in [-0.2, -0.15) is 5.10 Å². The second-order valence-corrected chi connectivity index (χ2v) is 4.53. The lowest BCUT2D eigenvalue weighted by molar-refractivity contribution is 0.393. The minimum atomic E-state index is 0.755. The summed E-state index contributed by atoms with van der Waals surface area (Å²) in [5.41, 5.74) is 2.31. The average molecular weight is 275 g/mol. The van der Waals surface area contributed by atoms with Crippen LogP contribution in [-0.4, -0.2) is 24.0 Å². The monoisotopic (exact) mass is 275 g/mol. The fourth-order valence-electron chi connectivity index (χ4n) is 1.99. The second-order valence-electron chi connectivity index (χ2n) is 4.53. The van der Waals surface area contributed by atoms with Crippen molar-refractivity contribution in [3.8, 4) is 11.5 Å². The molecule has 5 nitrogen and oxygen atoms in total. The standard InChI is InChI=1S/C15H21N3O2/c1-4-18-11-13(10-17-18)9-16-8-12-5-14(19-2)7-15(6-12)20-3/h5-7,10-11,16H,4,8-9H2,1-3H3. The zero-order valence-electron chi connectivity index (χ0n) is 12.2. The van der Waals surface area contributed by atoms with Gasteiger partial charge in [0.1, 0.15) is 11.5 Å². The normalized spacial score (nSPS) is 10.6. The second kappa shape index (κ2) is 6.96. The molecule has 0 saturated carbocycles. The van der Waals surface area contributed by atoms with Gasteiger partial charge in [0, 0.05) is 37.5 Å². The van der Waals surface area contributed by atoms with Crippen molar-refractivity contribution in [3.05, 3.63) is 41.7 Å². The number of nitrogens with zero attached hydrogens (tertiary/aromatic N) is 2. The smallest absolute Gasteiger partial charge is 0.122 e. The van der Waals surface area contributed by atoms with Crippen molar-refractivity contribution < 1.29 is 9.47 Å². The predicted octanol–water partition coefficient (Wildman–Crippen LogP) is 2.21. The molecule has 0 radical (unpaired) electrons. The van der Waals surface area contributed by atoms with Crippen LogP contribution >= 0.6 is 0 Å². The number of aryl methyl sites for hydroxylation is 1. The van der Waals surface area contributed by atoms with Gasteiger partial charge < -0.3 is 14.8 Å². The summed E-state index contributed by atoms with van der Waals surface area (Å²) in [6.45, 7) is 4.52. The Morgan fingerprint density at radius 1 is 1.05 bits per heavy atom. The molecule has 1 N–H and O–H groups in total. The van der Waals surface area contributed by atoms with Crippen LogP contribution in [0.2, 0.25) is 0 Å². The number of nitrogens with one attached hydrogen (secondary N) is 1. The first-order valence-electron chi connectivity index (χ1n) is 6.69. The van der Waals surface area contributed by atoms with E-state index in [9.17, 15) is 0 Å². The molecule has 1 aromatic heterocycles. The Morgan fingerprint density at radius 2 is 1.70 bits per heavy atom. The third-order valence-corrected chi connectivity index (χ3v) is 3.08. The van der Waals surface area contributed by atoms with Crippen LogP contribution < -0.4 is 14.8 Å². The van der Waals surface area contributed by atoms with E-state index in [1.807, 2.05) is 29.1 Å². The van der Waals surface area contributed by atoms with Crippen molar-refractivity contribution >= 4 is 0 Å². The molecule has 0 aliphatic rings. The third-order valence-electron chi connectivity index (χ3n) is 3.08. The molecule has 1 aromatic carbocycles. The van der Waals surface area contributed by atoms with E-state index in [-0.39, 0.29) is 0 Å². The van der Waals surface area contributed by atoms with Crippen molar-refractivity contribution in [2.45, 2.75) is 26.6 Å². The molecule has 1 heterocycles. The molecule has 0 spiro atoms. The predicted molar refractivity (Wildman–Crippen MR) is 78.0 cm³/mol. The number of ether oxygens (including phenoxy) is 2. The van der Waals surface area contributed by atoms with Crippen LogP contribution in [0, 0.1) is 0 Å². The van der Waals surface area contributed by atoms with Gasteiger partial charge in [0.05, 0.1) is 20.4 Å². The van der Waals surface area contributed by atoms with Crippen molar-refractivity contribution in [2.24, 2.45) is 0 Å². The Kier molecular flexibility index (Phi) is 5.01. The Balaban J connectivity index is 1.93. The van der Waals surface area contributed by atoms with Crippen molar-refractivity contribution in [1.82, 2.24) is 15.1 Å².